The van der Waals surface area contributed by atoms with Crippen molar-refractivity contribution >= 4 is 23.4 Å². The molecule has 0 aliphatic carbocycles. The number of nitrogens with one attached hydrogen (secondary N) is 1. The van der Waals surface area contributed by atoms with Crippen LogP contribution in [0.1, 0.15) is 37.0 Å². The predicted molar refractivity (Wildman–Crippen MR) is 72.4 cm³/mol. The van der Waals surface area contributed by atoms with Crippen LogP contribution in [0.5, 0.6) is 0 Å². The van der Waals surface area contributed by atoms with Crippen LogP contribution < -0.4 is 5.32 Å². The van der Waals surface area contributed by atoms with Crippen LogP contribution in [0, 0.1) is 0 Å². The summed E-state index contributed by atoms with van der Waals surface area (Å²) in [7, 11) is 0. The summed E-state index contributed by atoms with van der Waals surface area (Å²) in [5.74, 6) is -0.101. The Balaban J connectivity index is 2.13. The van der Waals surface area contributed by atoms with E-state index in [9.17, 15) is 4.79 Å². The third-order valence-corrected chi connectivity index (χ3v) is 2.67. The van der Waals surface area contributed by atoms with Gasteiger partial charge in [0.2, 0.25) is 5.88 Å². The molecule has 0 radical (unpaired) electrons. The molecule has 5 nitrogen and oxygen atoms in total. The van der Waals surface area contributed by atoms with Crippen LogP contribution in [0.3, 0.4) is 0 Å². The minimum Gasteiger partial charge on any atom is -0.338 e. The molecule has 1 amide bonds. The van der Waals surface area contributed by atoms with Crippen LogP contribution in [0.25, 0.3) is 0 Å². The van der Waals surface area contributed by atoms with Gasteiger partial charge in [-0.05, 0) is 12.1 Å². The van der Waals surface area contributed by atoms with E-state index >= 15 is 0 Å². The molecule has 19 heavy (non-hydrogen) atoms. The molecule has 100 valence electrons. The van der Waals surface area contributed by atoms with Crippen molar-refractivity contribution in [1.29, 1.82) is 0 Å². The van der Waals surface area contributed by atoms with Gasteiger partial charge in [-0.25, -0.2) is 4.98 Å². The quantitative estimate of drug-likeness (QED) is 0.857. The van der Waals surface area contributed by atoms with Gasteiger partial charge in [-0.3, -0.25) is 10.1 Å². The van der Waals surface area contributed by atoms with Crippen LogP contribution in [0.4, 0.5) is 5.88 Å². The summed E-state index contributed by atoms with van der Waals surface area (Å²) >= 11 is 5.73. The number of hydrogen-bond acceptors (Lipinski definition) is 4. The summed E-state index contributed by atoms with van der Waals surface area (Å²) in [6.45, 7) is 6.03. The predicted octanol–water partition coefficient (Wildman–Crippen LogP) is 3.27. The average molecular weight is 280 g/mol. The summed E-state index contributed by atoms with van der Waals surface area (Å²) in [4.78, 5) is 15.8. The molecule has 2 aromatic rings. The third kappa shape index (κ3) is 3.32. The largest absolute Gasteiger partial charge is 0.338 e. The number of carbonyl (C=O) groups is 1. The molecule has 0 saturated carbocycles. The fraction of sp³-hybridized carbons (Fsp3) is 0.308. The van der Waals surface area contributed by atoms with Gasteiger partial charge in [0.25, 0.3) is 5.91 Å². The van der Waals surface area contributed by atoms with Gasteiger partial charge in [0.15, 0.2) is 0 Å². The topological polar surface area (TPSA) is 68.0 Å². The van der Waals surface area contributed by atoms with E-state index in [-0.39, 0.29) is 28.1 Å². The molecule has 0 saturated heterocycles. The molecule has 2 aromatic heterocycles. The lowest BCUT2D eigenvalue weighted by Gasteiger charge is -2.12. The number of halogens is 1. The summed E-state index contributed by atoms with van der Waals surface area (Å²) in [6.07, 6.45) is 0. The molecule has 6 heteroatoms. The summed E-state index contributed by atoms with van der Waals surface area (Å²) in [6, 6.07) is 6.53. The van der Waals surface area contributed by atoms with E-state index in [0.29, 0.717) is 0 Å². The standard InChI is InChI=1S/C13H14ClN3O2/c1-13(2,3)9-7-11(19-17-9)16-12(18)8-5-4-6-10(14)15-8/h4-7H,1-3H3,(H,16,18). The highest BCUT2D eigenvalue weighted by Crippen LogP contribution is 2.23. The molecule has 0 bridgehead atoms. The van der Waals surface area contributed by atoms with Crippen molar-refractivity contribution in [3.8, 4) is 0 Å². The summed E-state index contributed by atoms with van der Waals surface area (Å²) < 4.78 is 5.07. The first kappa shape index (κ1) is 13.5. The molecular weight excluding hydrogens is 266 g/mol. The first-order chi connectivity index (χ1) is 8.86. The molecule has 0 spiro atoms. The maximum atomic E-state index is 11.9. The lowest BCUT2D eigenvalue weighted by Crippen LogP contribution is -2.13. The van der Waals surface area contributed by atoms with Gasteiger partial charge in [0.05, 0.1) is 5.69 Å². The van der Waals surface area contributed by atoms with Crippen LogP contribution in [0.15, 0.2) is 28.8 Å². The number of pyridine rings is 1. The SMILES string of the molecule is CC(C)(C)c1cc(NC(=O)c2cccc(Cl)n2)on1. The second kappa shape index (κ2) is 5.01. The Hall–Kier alpha value is -1.88. The highest BCUT2D eigenvalue weighted by molar-refractivity contribution is 6.29. The molecule has 0 unspecified atom stereocenters. The summed E-state index contributed by atoms with van der Waals surface area (Å²) in [5, 5.41) is 6.77. The van der Waals surface area contributed by atoms with Crippen molar-refractivity contribution in [3.63, 3.8) is 0 Å². The summed E-state index contributed by atoms with van der Waals surface area (Å²) in [5.41, 5.74) is 0.851. The molecule has 0 fully saturated rings. The van der Waals surface area contributed by atoms with Gasteiger partial charge >= 0.3 is 0 Å². The Morgan fingerprint density at radius 1 is 1.37 bits per heavy atom. The molecule has 2 rings (SSSR count). The van der Waals surface area contributed by atoms with Crippen LogP contribution >= 0.6 is 11.6 Å². The fourth-order valence-corrected chi connectivity index (χ4v) is 1.56. The Morgan fingerprint density at radius 3 is 2.68 bits per heavy atom. The van der Waals surface area contributed by atoms with E-state index < -0.39 is 0 Å². The van der Waals surface area contributed by atoms with Crippen molar-refractivity contribution < 1.29 is 9.32 Å². The highest BCUT2D eigenvalue weighted by atomic mass is 35.5. The lowest BCUT2D eigenvalue weighted by atomic mass is 9.92. The molecule has 0 aliphatic rings. The second-order valence-corrected chi connectivity index (χ2v) is 5.51. The minimum atomic E-state index is -0.390. The zero-order valence-corrected chi connectivity index (χ0v) is 11.7. The van der Waals surface area contributed by atoms with E-state index in [1.54, 1.807) is 24.3 Å². The highest BCUT2D eigenvalue weighted by Gasteiger charge is 2.20. The Bertz CT molecular complexity index is 602. The molecule has 0 atom stereocenters. The Morgan fingerprint density at radius 2 is 2.11 bits per heavy atom. The number of carbonyl (C=O) groups excluding carboxylic acids is 1. The maximum Gasteiger partial charge on any atom is 0.276 e. The Labute approximate surface area is 116 Å². The minimum absolute atomic E-state index is 0.138. The van der Waals surface area contributed by atoms with E-state index in [1.807, 2.05) is 20.8 Å². The van der Waals surface area contributed by atoms with Crippen LogP contribution in [0.2, 0.25) is 5.15 Å². The molecule has 0 aromatic carbocycles. The molecular formula is C13H14ClN3O2. The van der Waals surface area contributed by atoms with Crippen molar-refractivity contribution in [2.24, 2.45) is 0 Å². The van der Waals surface area contributed by atoms with Gasteiger partial charge in [-0.15, -0.1) is 0 Å². The fourth-order valence-electron chi connectivity index (χ4n) is 1.40. The monoisotopic (exact) mass is 279 g/mol. The van der Waals surface area contributed by atoms with Gasteiger partial charge in [0, 0.05) is 11.5 Å². The van der Waals surface area contributed by atoms with Gasteiger partial charge < -0.3 is 4.52 Å². The number of rotatable bonds is 2. The van der Waals surface area contributed by atoms with E-state index in [0.717, 1.165) is 5.69 Å². The zero-order valence-electron chi connectivity index (χ0n) is 10.9. The second-order valence-electron chi connectivity index (χ2n) is 5.13. The zero-order chi connectivity index (χ0) is 14.0. The van der Waals surface area contributed by atoms with Gasteiger partial charge in [-0.1, -0.05) is 43.6 Å². The first-order valence-electron chi connectivity index (χ1n) is 5.77. The van der Waals surface area contributed by atoms with E-state index in [2.05, 4.69) is 15.5 Å². The smallest absolute Gasteiger partial charge is 0.276 e. The van der Waals surface area contributed by atoms with Gasteiger partial charge in [0.1, 0.15) is 10.8 Å². The molecule has 2 heterocycles. The number of hydrogen-bond donors (Lipinski definition) is 1. The van der Waals surface area contributed by atoms with E-state index in [4.69, 9.17) is 16.1 Å². The van der Waals surface area contributed by atoms with Gasteiger partial charge in [-0.2, -0.15) is 0 Å². The van der Waals surface area contributed by atoms with Crippen LogP contribution in [-0.4, -0.2) is 16.0 Å². The average Bonchev–Trinajstić information content (AvgIpc) is 2.77. The van der Waals surface area contributed by atoms with E-state index in [1.165, 1.54) is 0 Å². The maximum absolute atomic E-state index is 11.9. The number of amides is 1. The number of anilines is 1. The first-order valence-corrected chi connectivity index (χ1v) is 6.15. The number of aromatic nitrogens is 2. The normalized spacial score (nSPS) is 11.4. The lowest BCUT2D eigenvalue weighted by molar-refractivity contribution is 0.101. The molecule has 0 aliphatic heterocycles. The van der Waals surface area contributed by atoms with Crippen molar-refractivity contribution in [1.82, 2.24) is 10.1 Å². The van der Waals surface area contributed by atoms with Crippen molar-refractivity contribution in [3.05, 3.63) is 40.8 Å². The van der Waals surface area contributed by atoms with Crippen molar-refractivity contribution in [2.75, 3.05) is 5.32 Å². The number of nitrogens with zero attached hydrogens (tertiary/aromatic N) is 2. The Kier molecular flexibility index (Phi) is 3.57. The third-order valence-electron chi connectivity index (χ3n) is 2.46. The van der Waals surface area contributed by atoms with Crippen molar-refractivity contribution in [2.45, 2.75) is 26.2 Å². The van der Waals surface area contributed by atoms with Crippen LogP contribution in [-0.2, 0) is 5.41 Å². The molecule has 1 N–H and O–H groups in total.